The highest BCUT2D eigenvalue weighted by Crippen LogP contribution is 2.45. The fraction of sp³-hybridized carbons (Fsp3) is 0.270. The Morgan fingerprint density at radius 1 is 0.904 bits per heavy atom. The van der Waals surface area contributed by atoms with Gasteiger partial charge in [-0.3, -0.25) is 24.6 Å². The van der Waals surface area contributed by atoms with Gasteiger partial charge in [-0.25, -0.2) is 9.59 Å². The van der Waals surface area contributed by atoms with E-state index in [2.05, 4.69) is 26.1 Å². The molecule has 1 unspecified atom stereocenters. The first-order valence-electron chi connectivity index (χ1n) is 16.4. The van der Waals surface area contributed by atoms with E-state index in [1.54, 1.807) is 45.0 Å². The number of benzene rings is 3. The van der Waals surface area contributed by atoms with Crippen LogP contribution in [0.3, 0.4) is 0 Å². The summed E-state index contributed by atoms with van der Waals surface area (Å²) in [5, 5.41) is 16.3. The smallest absolute Gasteiger partial charge is 0.412 e. The Hall–Kier alpha value is -5.54. The van der Waals surface area contributed by atoms with Gasteiger partial charge in [0.25, 0.3) is 5.91 Å². The van der Waals surface area contributed by atoms with Crippen molar-refractivity contribution in [1.82, 2.24) is 20.4 Å². The average Bonchev–Trinajstić information content (AvgIpc) is 3.57. The van der Waals surface area contributed by atoms with Crippen molar-refractivity contribution < 1.29 is 33.4 Å². The first kappa shape index (κ1) is 36.3. The Morgan fingerprint density at radius 2 is 1.54 bits per heavy atom. The number of anilines is 2. The summed E-state index contributed by atoms with van der Waals surface area (Å²) in [5.41, 5.74) is 2.09. The van der Waals surface area contributed by atoms with Gasteiger partial charge in [0, 0.05) is 23.9 Å². The lowest BCUT2D eigenvalue weighted by atomic mass is 10.0. The lowest BCUT2D eigenvalue weighted by molar-refractivity contribution is -0.154. The molecular formula is C37H36N6O7S2. The summed E-state index contributed by atoms with van der Waals surface area (Å²) in [6.45, 7) is 6.60. The maximum absolute atomic E-state index is 14.3. The van der Waals surface area contributed by atoms with Crippen molar-refractivity contribution in [3.05, 3.63) is 112 Å². The molecule has 4 aromatic rings. The zero-order chi connectivity index (χ0) is 37.0. The fourth-order valence-electron chi connectivity index (χ4n) is 5.67. The molecular weight excluding hydrogens is 705 g/mol. The molecule has 3 N–H and O–H groups in total. The summed E-state index contributed by atoms with van der Waals surface area (Å²) in [6.07, 6.45) is -1.58. The van der Waals surface area contributed by atoms with Crippen LogP contribution < -0.4 is 16.0 Å². The molecule has 3 aromatic carbocycles. The number of hydrogen-bond donors (Lipinski definition) is 3. The highest BCUT2D eigenvalue weighted by atomic mass is 32.2. The number of fused-ring (bicyclic) bond motifs is 1. The van der Waals surface area contributed by atoms with Gasteiger partial charge in [0.15, 0.2) is 6.10 Å². The minimum absolute atomic E-state index is 0.00598. The van der Waals surface area contributed by atoms with E-state index in [1.165, 1.54) is 23.6 Å². The molecule has 0 spiro atoms. The van der Waals surface area contributed by atoms with Gasteiger partial charge in [-0.05, 0) is 43.5 Å². The molecule has 4 amide bonds. The minimum atomic E-state index is -0.934. The molecule has 1 fully saturated rings. The predicted octanol–water partition coefficient (Wildman–Crippen LogP) is 5.53. The first-order valence-corrected chi connectivity index (χ1v) is 18.2. The number of carbonyl (C=O) groups excluding carboxylic acids is 5. The average molecular weight is 741 g/mol. The summed E-state index contributed by atoms with van der Waals surface area (Å²) in [6, 6.07) is 24.4. The summed E-state index contributed by atoms with van der Waals surface area (Å²) in [4.78, 5) is 67.0. The van der Waals surface area contributed by atoms with Crippen molar-refractivity contribution >= 4 is 69.3 Å². The van der Waals surface area contributed by atoms with Crippen molar-refractivity contribution in [2.75, 3.05) is 16.4 Å². The first-order chi connectivity index (χ1) is 24.9. The van der Waals surface area contributed by atoms with Crippen LogP contribution in [-0.2, 0) is 35.1 Å². The van der Waals surface area contributed by atoms with Crippen LogP contribution >= 0.6 is 23.1 Å². The number of amides is 4. The number of esters is 1. The Morgan fingerprint density at radius 3 is 2.17 bits per heavy atom. The normalized spacial score (nSPS) is 16.8. The van der Waals surface area contributed by atoms with Crippen LogP contribution in [0.25, 0.3) is 5.57 Å². The van der Waals surface area contributed by atoms with Gasteiger partial charge in [0.1, 0.15) is 27.7 Å². The number of rotatable bonds is 10. The van der Waals surface area contributed by atoms with E-state index in [0.717, 1.165) is 22.5 Å². The van der Waals surface area contributed by atoms with Gasteiger partial charge in [-0.15, -0.1) is 22.0 Å². The van der Waals surface area contributed by atoms with Crippen LogP contribution in [0.4, 0.5) is 15.6 Å². The zero-order valence-electron chi connectivity index (χ0n) is 28.7. The maximum Gasteiger partial charge on any atom is 0.412 e. The minimum Gasteiger partial charge on any atom is -0.448 e. The number of thioether (sulfide) groups is 1. The van der Waals surface area contributed by atoms with E-state index in [4.69, 9.17) is 9.47 Å². The molecule has 3 heterocycles. The molecule has 6 rings (SSSR count). The van der Waals surface area contributed by atoms with Gasteiger partial charge in [0.05, 0.1) is 6.42 Å². The maximum atomic E-state index is 14.3. The van der Waals surface area contributed by atoms with Crippen LogP contribution in [0, 0.1) is 0 Å². The number of para-hydroxylation sites is 1. The zero-order valence-corrected chi connectivity index (χ0v) is 30.4. The Balaban J connectivity index is 1.25. The Labute approximate surface area is 308 Å². The molecule has 0 radical (unpaired) electrons. The number of carbonyl (C=O) groups is 5. The standard InChI is InChI=1S/C37H36N6O7S2/c1-21(44)38-35-42-41-31(52-35)25-20-51-33-28(40-27(45)19-24-17-11-12-18-26(24)39-36(48)50-37(2,3)4)32(46)43(33)29(25)34(47)49-30(22-13-7-5-8-14-22)23-15-9-6-10-16-23/h5-18,28,30,33H,19-20H2,1-4H3,(H,39,48)(H,40,45)(H,38,42,44)/t28?,33-/m1/s1. The summed E-state index contributed by atoms with van der Waals surface area (Å²) in [7, 11) is 0. The fourth-order valence-corrected chi connectivity index (χ4v) is 7.94. The largest absolute Gasteiger partial charge is 0.448 e. The molecule has 2 aliphatic rings. The molecule has 0 aliphatic carbocycles. The molecule has 0 saturated carbocycles. The number of hydrogen-bond acceptors (Lipinski definition) is 11. The molecule has 2 atom stereocenters. The van der Waals surface area contributed by atoms with E-state index < -0.39 is 47.0 Å². The monoisotopic (exact) mass is 740 g/mol. The van der Waals surface area contributed by atoms with Crippen LogP contribution in [0.2, 0.25) is 0 Å². The molecule has 268 valence electrons. The highest BCUT2D eigenvalue weighted by Gasteiger charge is 2.55. The van der Waals surface area contributed by atoms with Crippen molar-refractivity contribution in [1.29, 1.82) is 0 Å². The van der Waals surface area contributed by atoms with Crippen molar-refractivity contribution in [2.24, 2.45) is 0 Å². The summed E-state index contributed by atoms with van der Waals surface area (Å²) in [5.74, 6) is -1.80. The lowest BCUT2D eigenvalue weighted by Gasteiger charge is -2.49. The Bertz CT molecular complexity index is 1990. The number of nitrogens with zero attached hydrogens (tertiary/aromatic N) is 3. The van der Waals surface area contributed by atoms with Gasteiger partial charge in [-0.2, -0.15) is 0 Å². The summed E-state index contributed by atoms with van der Waals surface area (Å²) >= 11 is 2.42. The second-order valence-corrected chi connectivity index (χ2v) is 15.0. The van der Waals surface area contributed by atoms with E-state index in [-0.39, 0.29) is 28.9 Å². The molecule has 15 heteroatoms. The Kier molecular flexibility index (Phi) is 10.7. The third kappa shape index (κ3) is 8.32. The quantitative estimate of drug-likeness (QED) is 0.139. The van der Waals surface area contributed by atoms with Gasteiger partial charge >= 0.3 is 12.1 Å². The number of aromatic nitrogens is 2. The SMILES string of the molecule is CC(=O)Nc1nnc(C2=C(C(=O)OC(c3ccccc3)c3ccccc3)N3C(=O)C(NC(=O)Cc4ccccc4NC(=O)OC(C)(C)C)[C@H]3SC2)s1. The van der Waals surface area contributed by atoms with E-state index >= 15 is 0 Å². The van der Waals surface area contributed by atoms with E-state index in [9.17, 15) is 24.0 Å². The second kappa shape index (κ2) is 15.4. The molecule has 1 saturated heterocycles. The van der Waals surface area contributed by atoms with Gasteiger partial charge in [0.2, 0.25) is 16.9 Å². The van der Waals surface area contributed by atoms with Gasteiger partial charge < -0.3 is 20.1 Å². The van der Waals surface area contributed by atoms with Crippen molar-refractivity contribution in [3.8, 4) is 0 Å². The molecule has 1 aromatic heterocycles. The van der Waals surface area contributed by atoms with Crippen LogP contribution in [0.15, 0.2) is 90.6 Å². The molecule has 13 nitrogen and oxygen atoms in total. The third-order valence-corrected chi connectivity index (χ3v) is 10.1. The number of nitrogens with one attached hydrogen (secondary N) is 3. The number of ether oxygens (including phenoxy) is 2. The van der Waals surface area contributed by atoms with Crippen LogP contribution in [-0.4, -0.2) is 67.7 Å². The topological polar surface area (TPSA) is 169 Å². The van der Waals surface area contributed by atoms with Gasteiger partial charge in [-0.1, -0.05) is 90.2 Å². The van der Waals surface area contributed by atoms with E-state index in [0.29, 0.717) is 21.8 Å². The van der Waals surface area contributed by atoms with E-state index in [1.807, 2.05) is 60.7 Å². The lowest BCUT2D eigenvalue weighted by Crippen LogP contribution is -2.70. The molecule has 2 aliphatic heterocycles. The summed E-state index contributed by atoms with van der Waals surface area (Å²) < 4.78 is 11.6. The molecule has 52 heavy (non-hydrogen) atoms. The predicted molar refractivity (Wildman–Crippen MR) is 197 cm³/mol. The third-order valence-electron chi connectivity index (χ3n) is 7.88. The molecule has 0 bridgehead atoms. The van der Waals surface area contributed by atoms with Crippen molar-refractivity contribution in [2.45, 2.75) is 57.2 Å². The van der Waals surface area contributed by atoms with Crippen LogP contribution in [0.5, 0.6) is 0 Å². The second-order valence-electron chi connectivity index (χ2n) is 12.9. The van der Waals surface area contributed by atoms with Crippen LogP contribution in [0.1, 0.15) is 55.5 Å². The van der Waals surface area contributed by atoms with Crippen molar-refractivity contribution in [3.63, 3.8) is 0 Å². The number of β-lactam (4-membered cyclic amide) rings is 1. The highest BCUT2D eigenvalue weighted by molar-refractivity contribution is 8.00.